The minimum absolute atomic E-state index is 0. The van der Waals surface area contributed by atoms with Crippen molar-refractivity contribution in [1.29, 1.82) is 0 Å². The van der Waals surface area contributed by atoms with Crippen LogP contribution >= 0.6 is 0 Å². The topological polar surface area (TPSA) is 0 Å². The molecule has 0 aromatic carbocycles. The zero-order chi connectivity index (χ0) is 0. The molecule has 0 heterocycles. The van der Waals surface area contributed by atoms with Gasteiger partial charge in [-0.2, -0.15) is 0 Å². The van der Waals surface area contributed by atoms with E-state index in [9.17, 15) is 0 Å². The van der Waals surface area contributed by atoms with Crippen LogP contribution in [0.25, 0.3) is 0 Å². The third-order valence-electron chi connectivity index (χ3n) is 0. The van der Waals surface area contributed by atoms with E-state index < -0.39 is 0 Å². The Balaban J connectivity index is 0. The molecule has 0 aromatic heterocycles. The van der Waals surface area contributed by atoms with Crippen LogP contribution in [0.4, 0.5) is 18.8 Å². The van der Waals surface area contributed by atoms with Crippen LogP contribution in [0.5, 0.6) is 0 Å². The molecule has 0 bridgehead atoms. The van der Waals surface area contributed by atoms with E-state index in [1.54, 1.807) is 0 Å². The Morgan fingerprint density at radius 3 is 0.500 bits per heavy atom. The molecule has 0 saturated carbocycles. The van der Waals surface area contributed by atoms with Crippen molar-refractivity contribution in [1.82, 2.24) is 0 Å². The summed E-state index contributed by atoms with van der Waals surface area (Å²) < 4.78 is 0. The van der Waals surface area contributed by atoms with Crippen LogP contribution in [0.1, 0.15) is 0 Å². The second kappa shape index (κ2) is 66.0. The number of hydrogen-bond donors (Lipinski definition) is 0. The van der Waals surface area contributed by atoms with Crippen molar-refractivity contribution in [2.45, 2.75) is 0 Å². The van der Waals surface area contributed by atoms with Crippen LogP contribution in [0.2, 0.25) is 0 Å². The van der Waals surface area contributed by atoms with Gasteiger partial charge in [0.15, 0.2) is 0 Å². The Hall–Kier alpha value is 1.91. The number of halogens is 4. The van der Waals surface area contributed by atoms with Crippen LogP contribution < -0.4 is 0 Å². The van der Waals surface area contributed by atoms with Gasteiger partial charge >= 0.3 is 29.6 Å². The van der Waals surface area contributed by atoms with Gasteiger partial charge in [-0.3, -0.25) is 18.8 Å². The summed E-state index contributed by atoms with van der Waals surface area (Å²) in [6.45, 7) is 0. The molecule has 0 atom stereocenters. The molecule has 0 aliphatic carbocycles. The van der Waals surface area contributed by atoms with Gasteiger partial charge in [-0.1, -0.05) is 0 Å². The fourth-order valence-electron chi connectivity index (χ4n) is 0. The molecule has 0 nitrogen and oxygen atoms in total. The Morgan fingerprint density at radius 1 is 0.500 bits per heavy atom. The molecule has 1 radical (unpaired) electrons. The van der Waals surface area contributed by atoms with E-state index in [4.69, 9.17) is 0 Å². The molecule has 0 aliphatic heterocycles. The molecule has 6 heavy (non-hydrogen) atoms. The number of rotatable bonds is 0. The van der Waals surface area contributed by atoms with Crippen LogP contribution in [0, 0.1) is 35.6 Å². The number of hydrogen-bond acceptors (Lipinski definition) is 0. The van der Waals surface area contributed by atoms with E-state index in [1.807, 2.05) is 0 Å². The van der Waals surface area contributed by atoms with Gasteiger partial charge in [-0.25, -0.2) is 0 Å². The first-order chi connectivity index (χ1) is 0. The summed E-state index contributed by atoms with van der Waals surface area (Å²) in [6, 6.07) is 0. The van der Waals surface area contributed by atoms with Crippen molar-refractivity contribution < 1.29 is 54.4 Å². The molecule has 0 aliphatic rings. The predicted molar refractivity (Wildman–Crippen MR) is 17.2 cm³/mol. The minimum atomic E-state index is 0. The van der Waals surface area contributed by atoms with E-state index >= 15 is 0 Å². The summed E-state index contributed by atoms with van der Waals surface area (Å²) in [5.74, 6) is 0. The van der Waals surface area contributed by atoms with Gasteiger partial charge in [0.25, 0.3) is 0 Å². The second-order valence-corrected chi connectivity index (χ2v) is 0. The summed E-state index contributed by atoms with van der Waals surface area (Å²) in [5, 5.41) is 0. The average molecular weight is 243 g/mol. The summed E-state index contributed by atoms with van der Waals surface area (Å²) >= 11 is 0. The molecule has 0 saturated heterocycles. The molecular formula is H5F4LaNa. The third kappa shape index (κ3) is 39.0. The van der Waals surface area contributed by atoms with Crippen LogP contribution in [-0.4, -0.2) is 29.6 Å². The first-order valence-corrected chi connectivity index (χ1v) is 0. The Morgan fingerprint density at radius 2 is 0.500 bits per heavy atom. The maximum absolute atomic E-state index is 0. The van der Waals surface area contributed by atoms with E-state index in [0.29, 0.717) is 0 Å². The molecule has 0 spiro atoms. The standard InChI is InChI=1S/4FH.La.Na.H/h4*1H;;;. The van der Waals surface area contributed by atoms with Crippen molar-refractivity contribution >= 4 is 29.6 Å². The summed E-state index contributed by atoms with van der Waals surface area (Å²) in [4.78, 5) is 0. The van der Waals surface area contributed by atoms with Crippen molar-refractivity contribution in [2.75, 3.05) is 0 Å². The second-order valence-electron chi connectivity index (χ2n) is 0. The molecule has 0 fully saturated rings. The molecule has 0 N–H and O–H groups in total. The quantitative estimate of drug-likeness (QED) is 0.413. The summed E-state index contributed by atoms with van der Waals surface area (Å²) in [6.07, 6.45) is 0. The molecule has 0 rings (SSSR count). The van der Waals surface area contributed by atoms with Gasteiger partial charge in [-0.15, -0.1) is 0 Å². The maximum atomic E-state index is 0. The van der Waals surface area contributed by atoms with Gasteiger partial charge in [0.2, 0.25) is 0 Å². The molecule has 37 valence electrons. The zero-order valence-corrected chi connectivity index (χ0v) is 5.84. The first-order valence-electron chi connectivity index (χ1n) is 0. The summed E-state index contributed by atoms with van der Waals surface area (Å²) in [7, 11) is 0. The fourth-order valence-corrected chi connectivity index (χ4v) is 0. The van der Waals surface area contributed by atoms with E-state index in [1.165, 1.54) is 0 Å². The van der Waals surface area contributed by atoms with Gasteiger partial charge < -0.3 is 0 Å². The predicted octanol–water partition coefficient (Wildman–Crippen LogP) is -0.0385. The Kier molecular flexibility index (Phi) is 1140. The third-order valence-corrected chi connectivity index (χ3v) is 0. The van der Waals surface area contributed by atoms with Crippen molar-refractivity contribution in [3.63, 3.8) is 0 Å². The average Bonchev–Trinajstić information content (AvgIpc) is 0. The molecular weight excluding hydrogens is 238 g/mol. The van der Waals surface area contributed by atoms with E-state index in [2.05, 4.69) is 0 Å². The van der Waals surface area contributed by atoms with Gasteiger partial charge in [0.1, 0.15) is 0 Å². The SMILES string of the molecule is F.F.F.F.[La].[NaH]. The molecule has 0 aromatic rings. The van der Waals surface area contributed by atoms with Crippen LogP contribution in [-0.2, 0) is 0 Å². The van der Waals surface area contributed by atoms with E-state index in [0.717, 1.165) is 0 Å². The van der Waals surface area contributed by atoms with Crippen LogP contribution in [0.3, 0.4) is 0 Å². The molecule has 6 heteroatoms. The van der Waals surface area contributed by atoms with Gasteiger partial charge in [0, 0.05) is 35.6 Å². The Bertz CT molecular complexity index is 7.51. The Labute approximate surface area is 82.8 Å². The zero-order valence-electron chi connectivity index (χ0n) is 2.21. The van der Waals surface area contributed by atoms with Crippen molar-refractivity contribution in [3.8, 4) is 0 Å². The van der Waals surface area contributed by atoms with E-state index in [-0.39, 0.29) is 84.0 Å². The van der Waals surface area contributed by atoms with Gasteiger partial charge in [-0.05, 0) is 0 Å². The van der Waals surface area contributed by atoms with Crippen molar-refractivity contribution in [2.24, 2.45) is 0 Å². The molecule has 0 unspecified atom stereocenters. The van der Waals surface area contributed by atoms with Crippen LogP contribution in [0.15, 0.2) is 0 Å². The monoisotopic (exact) mass is 243 g/mol. The summed E-state index contributed by atoms with van der Waals surface area (Å²) in [5.41, 5.74) is 0. The first kappa shape index (κ1) is 103. The fraction of sp³-hybridized carbons (Fsp3) is 0. The van der Waals surface area contributed by atoms with Gasteiger partial charge in [0.05, 0.1) is 0 Å². The molecule has 0 amide bonds. The van der Waals surface area contributed by atoms with Crippen molar-refractivity contribution in [3.05, 3.63) is 0 Å². The normalized spacial score (nSPS) is 0.